The summed E-state index contributed by atoms with van der Waals surface area (Å²) in [4.78, 5) is 8.52. The van der Waals surface area contributed by atoms with Gasteiger partial charge in [0.05, 0.1) is 0 Å². The van der Waals surface area contributed by atoms with Crippen LogP contribution in [0.2, 0.25) is 0 Å². The second-order valence-electron chi connectivity index (χ2n) is 2.31. The van der Waals surface area contributed by atoms with Crippen molar-refractivity contribution in [2.45, 2.75) is 6.42 Å². The van der Waals surface area contributed by atoms with E-state index in [0.717, 1.165) is 5.56 Å². The molecule has 0 bridgehead atoms. The maximum atomic E-state index is 10.3. The van der Waals surface area contributed by atoms with Crippen LogP contribution < -0.4 is 0 Å². The standard InChI is InChI=1S/C8H9O2P.La/c9-11(10)7-6-8-4-2-1-3-5-8;/h1-5H,6-7H2;/p+1. The van der Waals surface area contributed by atoms with E-state index in [4.69, 9.17) is 4.89 Å². The first kappa shape index (κ1) is 12.5. The van der Waals surface area contributed by atoms with Gasteiger partial charge >= 0.3 is 8.03 Å². The summed E-state index contributed by atoms with van der Waals surface area (Å²) < 4.78 is 10.3. The van der Waals surface area contributed by atoms with Crippen molar-refractivity contribution in [3.63, 3.8) is 0 Å². The van der Waals surface area contributed by atoms with E-state index in [9.17, 15) is 4.57 Å². The molecule has 1 rings (SSSR count). The van der Waals surface area contributed by atoms with Crippen LogP contribution in [0.25, 0.3) is 0 Å². The maximum Gasteiger partial charge on any atom is 0.505 e. The summed E-state index contributed by atoms with van der Waals surface area (Å²) in [6.45, 7) is 0. The Balaban J connectivity index is 0.00000121. The molecule has 0 spiro atoms. The van der Waals surface area contributed by atoms with E-state index < -0.39 is 8.03 Å². The largest absolute Gasteiger partial charge is 0.505 e. The van der Waals surface area contributed by atoms with E-state index in [0.29, 0.717) is 12.6 Å². The quantitative estimate of drug-likeness (QED) is 0.867. The third kappa shape index (κ3) is 5.18. The Hall–Kier alpha value is 0.475. The topological polar surface area (TPSA) is 37.3 Å². The van der Waals surface area contributed by atoms with Crippen molar-refractivity contribution in [1.29, 1.82) is 0 Å². The normalized spacial score (nSPS) is 10.2. The Kier molecular flexibility index (Phi) is 7.21. The number of hydrogen-bond donors (Lipinski definition) is 1. The fraction of sp³-hybridized carbons (Fsp3) is 0.250. The van der Waals surface area contributed by atoms with Gasteiger partial charge < -0.3 is 0 Å². The van der Waals surface area contributed by atoms with Crippen LogP contribution in [0, 0.1) is 35.6 Å². The first-order valence-electron chi connectivity index (χ1n) is 3.46. The zero-order chi connectivity index (χ0) is 8.10. The van der Waals surface area contributed by atoms with E-state index in [-0.39, 0.29) is 35.6 Å². The van der Waals surface area contributed by atoms with Gasteiger partial charge in [0.15, 0.2) is 6.16 Å². The summed E-state index contributed by atoms with van der Waals surface area (Å²) in [5.41, 5.74) is 1.12. The van der Waals surface area contributed by atoms with Gasteiger partial charge in [0.2, 0.25) is 0 Å². The molecule has 0 saturated carbocycles. The number of hydrogen-bond acceptors (Lipinski definition) is 1. The number of rotatable bonds is 3. The van der Waals surface area contributed by atoms with Crippen LogP contribution in [-0.4, -0.2) is 11.1 Å². The monoisotopic (exact) mass is 308 g/mol. The molecule has 0 aliphatic heterocycles. The molecule has 1 unspecified atom stereocenters. The Labute approximate surface area is 101 Å². The Morgan fingerprint density at radius 3 is 2.33 bits per heavy atom. The average Bonchev–Trinajstić information content (AvgIpc) is 2.03. The van der Waals surface area contributed by atoms with Gasteiger partial charge in [-0.2, -0.15) is 4.89 Å². The molecule has 0 aromatic heterocycles. The smallest absolute Gasteiger partial charge is 0.161 e. The van der Waals surface area contributed by atoms with Gasteiger partial charge in [-0.15, -0.1) is 0 Å². The molecule has 0 aliphatic rings. The van der Waals surface area contributed by atoms with Crippen LogP contribution >= 0.6 is 8.03 Å². The fourth-order valence-corrected chi connectivity index (χ4v) is 1.32. The zero-order valence-electron chi connectivity index (χ0n) is 6.68. The van der Waals surface area contributed by atoms with Crippen molar-refractivity contribution in [3.8, 4) is 0 Å². The fourth-order valence-electron chi connectivity index (χ4n) is 0.869. The second kappa shape index (κ2) is 6.93. The summed E-state index contributed by atoms with van der Waals surface area (Å²) in [6, 6.07) is 9.71. The van der Waals surface area contributed by atoms with Gasteiger partial charge in [-0.3, -0.25) is 0 Å². The molecule has 1 aromatic carbocycles. The molecule has 0 aliphatic carbocycles. The van der Waals surface area contributed by atoms with E-state index in [1.807, 2.05) is 30.3 Å². The molecule has 0 fully saturated rings. The van der Waals surface area contributed by atoms with Crippen molar-refractivity contribution < 1.29 is 45.1 Å². The van der Waals surface area contributed by atoms with Crippen molar-refractivity contribution in [3.05, 3.63) is 35.9 Å². The van der Waals surface area contributed by atoms with Crippen LogP contribution in [-0.2, 0) is 11.0 Å². The van der Waals surface area contributed by atoms with E-state index in [1.165, 1.54) is 0 Å². The number of benzene rings is 1. The van der Waals surface area contributed by atoms with Crippen molar-refractivity contribution in [1.82, 2.24) is 0 Å². The molecule has 1 aromatic rings. The summed E-state index contributed by atoms with van der Waals surface area (Å²) in [5, 5.41) is 0. The van der Waals surface area contributed by atoms with Gasteiger partial charge in [0, 0.05) is 42.0 Å². The van der Waals surface area contributed by atoms with Gasteiger partial charge in [-0.25, -0.2) is 0 Å². The predicted octanol–water partition coefficient (Wildman–Crippen LogP) is 1.96. The van der Waals surface area contributed by atoms with Crippen LogP contribution in [0.15, 0.2) is 30.3 Å². The molecular formula is C8H10LaO2P+. The molecule has 12 heavy (non-hydrogen) atoms. The SMILES string of the molecule is O=[P+](O)CCc1ccccc1.[La]. The molecule has 1 atom stereocenters. The molecule has 0 amide bonds. The van der Waals surface area contributed by atoms with Crippen LogP contribution in [0.4, 0.5) is 0 Å². The van der Waals surface area contributed by atoms with Crippen molar-refractivity contribution in [2.75, 3.05) is 6.16 Å². The van der Waals surface area contributed by atoms with E-state index in [1.54, 1.807) is 0 Å². The maximum absolute atomic E-state index is 10.3. The molecule has 1 N–H and O–H groups in total. The molecular weight excluding hydrogens is 298 g/mol. The average molecular weight is 308 g/mol. The summed E-state index contributed by atoms with van der Waals surface area (Å²) in [5.74, 6) is 0. The van der Waals surface area contributed by atoms with Crippen LogP contribution in [0.3, 0.4) is 0 Å². The Bertz CT molecular complexity index is 238. The van der Waals surface area contributed by atoms with Gasteiger partial charge in [-0.05, 0) is 10.1 Å². The Morgan fingerprint density at radius 1 is 1.25 bits per heavy atom. The first-order valence-corrected chi connectivity index (χ1v) is 4.86. The minimum absolute atomic E-state index is 0. The van der Waals surface area contributed by atoms with Gasteiger partial charge in [0.1, 0.15) is 0 Å². The second-order valence-corrected chi connectivity index (χ2v) is 3.46. The molecule has 1 radical (unpaired) electrons. The summed E-state index contributed by atoms with van der Waals surface area (Å²) in [7, 11) is -1.97. The van der Waals surface area contributed by atoms with Gasteiger partial charge in [-0.1, -0.05) is 30.3 Å². The number of aryl methyl sites for hydroxylation is 1. The zero-order valence-corrected chi connectivity index (χ0v) is 11.2. The molecule has 4 heteroatoms. The molecule has 0 heterocycles. The van der Waals surface area contributed by atoms with Crippen molar-refractivity contribution >= 4 is 8.03 Å². The summed E-state index contributed by atoms with van der Waals surface area (Å²) in [6.07, 6.45) is 1.05. The minimum atomic E-state index is -1.97. The van der Waals surface area contributed by atoms with E-state index >= 15 is 0 Å². The van der Waals surface area contributed by atoms with Gasteiger partial charge in [0.25, 0.3) is 0 Å². The Morgan fingerprint density at radius 2 is 1.83 bits per heavy atom. The van der Waals surface area contributed by atoms with E-state index in [2.05, 4.69) is 0 Å². The molecule has 2 nitrogen and oxygen atoms in total. The molecule has 0 saturated heterocycles. The van der Waals surface area contributed by atoms with Crippen molar-refractivity contribution in [2.24, 2.45) is 0 Å². The third-order valence-electron chi connectivity index (χ3n) is 1.43. The first-order chi connectivity index (χ1) is 5.29. The van der Waals surface area contributed by atoms with Crippen LogP contribution in [0.5, 0.6) is 0 Å². The predicted molar refractivity (Wildman–Crippen MR) is 44.8 cm³/mol. The summed E-state index contributed by atoms with van der Waals surface area (Å²) >= 11 is 0. The minimum Gasteiger partial charge on any atom is -0.161 e. The van der Waals surface area contributed by atoms with Crippen LogP contribution in [0.1, 0.15) is 5.56 Å². The third-order valence-corrected chi connectivity index (χ3v) is 2.04. The molecule has 61 valence electrons.